The van der Waals surface area contributed by atoms with Gasteiger partial charge in [0.1, 0.15) is 5.01 Å². The van der Waals surface area contributed by atoms with Crippen LogP contribution in [-0.2, 0) is 6.54 Å². The van der Waals surface area contributed by atoms with Crippen LogP contribution >= 0.6 is 11.3 Å². The monoisotopic (exact) mass is 240 g/mol. The number of piperidine rings is 1. The second kappa shape index (κ2) is 5.25. The Balaban J connectivity index is 1.81. The molecule has 0 spiro atoms. The van der Waals surface area contributed by atoms with Crippen LogP contribution in [-0.4, -0.2) is 34.2 Å². The number of rotatable bonds is 3. The number of aryl methyl sites for hydroxylation is 1. The third-order valence-corrected chi connectivity index (χ3v) is 4.29. The van der Waals surface area contributed by atoms with E-state index in [-0.39, 0.29) is 6.10 Å². The zero-order chi connectivity index (χ0) is 11.5. The van der Waals surface area contributed by atoms with Crippen molar-refractivity contribution in [2.75, 3.05) is 13.1 Å². The summed E-state index contributed by atoms with van der Waals surface area (Å²) in [6, 6.07) is 0. The minimum Gasteiger partial charge on any atom is -0.393 e. The third-order valence-electron chi connectivity index (χ3n) is 3.34. The molecule has 2 heterocycles. The summed E-state index contributed by atoms with van der Waals surface area (Å²) >= 11 is 1.75. The summed E-state index contributed by atoms with van der Waals surface area (Å²) in [5.74, 6) is 0.495. The molecule has 16 heavy (non-hydrogen) atoms. The van der Waals surface area contributed by atoms with E-state index >= 15 is 0 Å². The standard InChI is InChI=1S/C12H20N2OS/c1-9-8-16-12(13-9)7-14-5-3-11(4-6-14)10(2)15/h8,10-11,15H,3-7H2,1-2H3. The van der Waals surface area contributed by atoms with Gasteiger partial charge in [-0.3, -0.25) is 4.90 Å². The number of hydrogen-bond donors (Lipinski definition) is 1. The molecule has 0 radical (unpaired) electrons. The molecule has 2 rings (SSSR count). The topological polar surface area (TPSA) is 36.4 Å². The first kappa shape index (κ1) is 12.0. The molecule has 1 aliphatic heterocycles. The lowest BCUT2D eigenvalue weighted by Crippen LogP contribution is -2.36. The summed E-state index contributed by atoms with van der Waals surface area (Å²) in [4.78, 5) is 6.93. The van der Waals surface area contributed by atoms with E-state index in [2.05, 4.69) is 15.3 Å². The van der Waals surface area contributed by atoms with Gasteiger partial charge in [0.25, 0.3) is 0 Å². The Morgan fingerprint density at radius 2 is 2.25 bits per heavy atom. The molecular formula is C12H20N2OS. The maximum absolute atomic E-state index is 9.53. The highest BCUT2D eigenvalue weighted by Crippen LogP contribution is 2.22. The van der Waals surface area contributed by atoms with E-state index in [0.717, 1.165) is 38.2 Å². The predicted octanol–water partition coefficient (Wildman–Crippen LogP) is 2.04. The van der Waals surface area contributed by atoms with Gasteiger partial charge in [0.05, 0.1) is 12.6 Å². The molecule has 1 aromatic heterocycles. The third kappa shape index (κ3) is 3.03. The number of hydrogen-bond acceptors (Lipinski definition) is 4. The van der Waals surface area contributed by atoms with Crippen molar-refractivity contribution in [3.8, 4) is 0 Å². The van der Waals surface area contributed by atoms with Gasteiger partial charge in [-0.15, -0.1) is 11.3 Å². The SMILES string of the molecule is Cc1csc(CN2CCC(C(C)O)CC2)n1. The molecule has 1 fully saturated rings. The molecular weight excluding hydrogens is 220 g/mol. The molecule has 0 aliphatic carbocycles. The fourth-order valence-electron chi connectivity index (χ4n) is 2.26. The summed E-state index contributed by atoms with van der Waals surface area (Å²) in [6.45, 7) is 7.11. The quantitative estimate of drug-likeness (QED) is 0.878. The lowest BCUT2D eigenvalue weighted by Gasteiger charge is -2.32. The fourth-order valence-corrected chi connectivity index (χ4v) is 3.07. The van der Waals surface area contributed by atoms with Gasteiger partial charge in [-0.1, -0.05) is 0 Å². The summed E-state index contributed by atoms with van der Waals surface area (Å²) in [7, 11) is 0. The largest absolute Gasteiger partial charge is 0.393 e. The number of likely N-dealkylation sites (tertiary alicyclic amines) is 1. The molecule has 0 amide bonds. The molecule has 1 saturated heterocycles. The highest BCUT2D eigenvalue weighted by molar-refractivity contribution is 7.09. The van der Waals surface area contributed by atoms with Crippen LogP contribution in [0.15, 0.2) is 5.38 Å². The average Bonchev–Trinajstić information content (AvgIpc) is 2.65. The van der Waals surface area contributed by atoms with Crippen molar-refractivity contribution in [1.29, 1.82) is 0 Å². The number of nitrogens with zero attached hydrogens (tertiary/aromatic N) is 2. The zero-order valence-electron chi connectivity index (χ0n) is 10.0. The summed E-state index contributed by atoms with van der Waals surface area (Å²) in [5.41, 5.74) is 1.12. The Morgan fingerprint density at radius 3 is 2.75 bits per heavy atom. The molecule has 1 N–H and O–H groups in total. The van der Waals surface area contributed by atoms with E-state index in [4.69, 9.17) is 0 Å². The van der Waals surface area contributed by atoms with Crippen LogP contribution in [0.1, 0.15) is 30.5 Å². The molecule has 0 bridgehead atoms. The van der Waals surface area contributed by atoms with Crippen LogP contribution < -0.4 is 0 Å². The molecule has 0 aromatic carbocycles. The Bertz CT molecular complexity index is 330. The van der Waals surface area contributed by atoms with Gasteiger partial charge in [-0.05, 0) is 45.7 Å². The lowest BCUT2D eigenvalue weighted by atomic mass is 9.92. The highest BCUT2D eigenvalue weighted by atomic mass is 32.1. The summed E-state index contributed by atoms with van der Waals surface area (Å²) < 4.78 is 0. The van der Waals surface area contributed by atoms with Gasteiger partial charge >= 0.3 is 0 Å². The van der Waals surface area contributed by atoms with Gasteiger partial charge in [0.2, 0.25) is 0 Å². The number of aliphatic hydroxyl groups is 1. The number of aliphatic hydroxyl groups excluding tert-OH is 1. The van der Waals surface area contributed by atoms with Crippen LogP contribution in [0.2, 0.25) is 0 Å². The Labute approximate surface area is 101 Å². The molecule has 1 atom stereocenters. The smallest absolute Gasteiger partial charge is 0.107 e. The van der Waals surface area contributed by atoms with E-state index in [1.807, 2.05) is 13.8 Å². The van der Waals surface area contributed by atoms with Crippen LogP contribution in [0.3, 0.4) is 0 Å². The van der Waals surface area contributed by atoms with Crippen LogP contribution in [0.4, 0.5) is 0 Å². The fraction of sp³-hybridized carbons (Fsp3) is 0.750. The zero-order valence-corrected chi connectivity index (χ0v) is 10.8. The Kier molecular flexibility index (Phi) is 3.95. The van der Waals surface area contributed by atoms with Crippen molar-refractivity contribution in [3.63, 3.8) is 0 Å². The van der Waals surface area contributed by atoms with Crippen LogP contribution in [0.25, 0.3) is 0 Å². The summed E-state index contributed by atoms with van der Waals surface area (Å²) in [5, 5.41) is 12.9. The molecule has 1 aromatic rings. The van der Waals surface area contributed by atoms with Crippen molar-refractivity contribution in [2.24, 2.45) is 5.92 Å². The molecule has 1 aliphatic rings. The van der Waals surface area contributed by atoms with Crippen LogP contribution in [0, 0.1) is 12.8 Å². The maximum Gasteiger partial charge on any atom is 0.107 e. The van der Waals surface area contributed by atoms with E-state index in [0.29, 0.717) is 5.92 Å². The number of thiazole rings is 1. The minimum absolute atomic E-state index is 0.149. The Hall–Kier alpha value is -0.450. The second-order valence-electron chi connectivity index (χ2n) is 4.74. The summed E-state index contributed by atoms with van der Waals surface area (Å²) in [6.07, 6.45) is 2.08. The first-order chi connectivity index (χ1) is 7.65. The molecule has 1 unspecified atom stereocenters. The van der Waals surface area contributed by atoms with Gasteiger partial charge in [0, 0.05) is 11.1 Å². The number of aromatic nitrogens is 1. The maximum atomic E-state index is 9.53. The van der Waals surface area contributed by atoms with Crippen LogP contribution in [0.5, 0.6) is 0 Å². The van der Waals surface area contributed by atoms with E-state index in [1.165, 1.54) is 5.01 Å². The van der Waals surface area contributed by atoms with Gasteiger partial charge in [0.15, 0.2) is 0 Å². The molecule has 3 nitrogen and oxygen atoms in total. The van der Waals surface area contributed by atoms with Crippen molar-refractivity contribution in [3.05, 3.63) is 16.1 Å². The van der Waals surface area contributed by atoms with Gasteiger partial charge in [-0.2, -0.15) is 0 Å². The van der Waals surface area contributed by atoms with Crippen molar-refractivity contribution in [1.82, 2.24) is 9.88 Å². The first-order valence-corrected chi connectivity index (χ1v) is 6.84. The first-order valence-electron chi connectivity index (χ1n) is 5.96. The van der Waals surface area contributed by atoms with Crippen molar-refractivity contribution in [2.45, 2.75) is 39.3 Å². The molecule has 0 saturated carbocycles. The van der Waals surface area contributed by atoms with Crippen molar-refractivity contribution < 1.29 is 5.11 Å². The van der Waals surface area contributed by atoms with E-state index < -0.39 is 0 Å². The van der Waals surface area contributed by atoms with Gasteiger partial charge in [-0.25, -0.2) is 4.98 Å². The molecule has 4 heteroatoms. The average molecular weight is 240 g/mol. The van der Waals surface area contributed by atoms with Gasteiger partial charge < -0.3 is 5.11 Å². The highest BCUT2D eigenvalue weighted by Gasteiger charge is 2.22. The lowest BCUT2D eigenvalue weighted by molar-refractivity contribution is 0.0695. The minimum atomic E-state index is -0.149. The predicted molar refractivity (Wildman–Crippen MR) is 66.5 cm³/mol. The normalized spacial score (nSPS) is 21.2. The van der Waals surface area contributed by atoms with E-state index in [9.17, 15) is 5.11 Å². The van der Waals surface area contributed by atoms with E-state index in [1.54, 1.807) is 11.3 Å². The molecule has 90 valence electrons. The second-order valence-corrected chi connectivity index (χ2v) is 5.68. The van der Waals surface area contributed by atoms with Crippen molar-refractivity contribution >= 4 is 11.3 Å². The Morgan fingerprint density at radius 1 is 1.56 bits per heavy atom.